The fourth-order valence-corrected chi connectivity index (χ4v) is 8.21. The number of ether oxygens (including phenoxy) is 1. The predicted molar refractivity (Wildman–Crippen MR) is 150 cm³/mol. The number of benzene rings is 2. The number of carbonyl (C=O) groups excluding carboxylic acids is 1. The molecule has 1 atom stereocenters. The first kappa shape index (κ1) is 26.6. The van der Waals surface area contributed by atoms with Gasteiger partial charge in [0.15, 0.2) is 5.13 Å². The van der Waals surface area contributed by atoms with Crippen molar-refractivity contribution in [3.8, 4) is 0 Å². The number of nitrogens with zero attached hydrogens (tertiary/aromatic N) is 3. The highest BCUT2D eigenvalue weighted by atomic mass is 32.2. The van der Waals surface area contributed by atoms with E-state index in [4.69, 9.17) is 9.72 Å². The average molecular weight is 560 g/mol. The molecular formula is C27H33N3O4S3. The number of sulfonamides is 1. The van der Waals surface area contributed by atoms with Crippen LogP contribution in [0.1, 0.15) is 55.3 Å². The number of amides is 1. The van der Waals surface area contributed by atoms with E-state index in [9.17, 15) is 13.2 Å². The van der Waals surface area contributed by atoms with Crippen LogP contribution in [0.2, 0.25) is 0 Å². The van der Waals surface area contributed by atoms with E-state index < -0.39 is 10.0 Å². The van der Waals surface area contributed by atoms with Crippen molar-refractivity contribution in [2.75, 3.05) is 31.4 Å². The molecule has 2 heterocycles. The van der Waals surface area contributed by atoms with E-state index in [2.05, 4.69) is 0 Å². The lowest BCUT2D eigenvalue weighted by atomic mass is 9.96. The van der Waals surface area contributed by atoms with Crippen LogP contribution in [0.4, 0.5) is 5.13 Å². The summed E-state index contributed by atoms with van der Waals surface area (Å²) in [5, 5.41) is 0.630. The lowest BCUT2D eigenvalue weighted by Gasteiger charge is -2.30. The van der Waals surface area contributed by atoms with E-state index in [0.717, 1.165) is 60.1 Å². The molecule has 2 aliphatic rings. The molecule has 1 aliphatic heterocycles. The second-order valence-electron chi connectivity index (χ2n) is 9.69. The van der Waals surface area contributed by atoms with Gasteiger partial charge in [-0.3, -0.25) is 9.69 Å². The number of thiazole rings is 1. The van der Waals surface area contributed by atoms with Crippen LogP contribution < -0.4 is 4.90 Å². The van der Waals surface area contributed by atoms with Crippen LogP contribution >= 0.6 is 23.1 Å². The van der Waals surface area contributed by atoms with Gasteiger partial charge in [-0.25, -0.2) is 13.4 Å². The second kappa shape index (κ2) is 11.4. The SMILES string of the molecule is CSc1cccc2sc(N(CC3CCCO3)C(=O)c3ccc(S(=O)(=O)N(C)C4CCCCC4)cc3)nc12. The Balaban J connectivity index is 1.42. The number of fused-ring (bicyclic) bond motifs is 1. The van der Waals surface area contributed by atoms with Gasteiger partial charge >= 0.3 is 0 Å². The molecule has 2 fully saturated rings. The predicted octanol–water partition coefficient (Wildman–Crippen LogP) is 5.80. The Morgan fingerprint density at radius 3 is 2.51 bits per heavy atom. The van der Waals surface area contributed by atoms with Crippen LogP contribution in [-0.2, 0) is 14.8 Å². The molecule has 7 nitrogen and oxygen atoms in total. The van der Waals surface area contributed by atoms with Crippen LogP contribution in [0.3, 0.4) is 0 Å². The van der Waals surface area contributed by atoms with E-state index in [-0.39, 0.29) is 22.9 Å². The van der Waals surface area contributed by atoms with Gasteiger partial charge in [-0.15, -0.1) is 11.8 Å². The van der Waals surface area contributed by atoms with Crippen LogP contribution in [0.25, 0.3) is 10.2 Å². The Morgan fingerprint density at radius 2 is 1.84 bits per heavy atom. The van der Waals surface area contributed by atoms with Crippen molar-refractivity contribution in [2.45, 2.75) is 66.9 Å². The summed E-state index contributed by atoms with van der Waals surface area (Å²) in [6.45, 7) is 1.11. The second-order valence-corrected chi connectivity index (χ2v) is 13.5. The number of hydrogen-bond acceptors (Lipinski definition) is 7. The Kier molecular flexibility index (Phi) is 8.21. The number of aromatic nitrogens is 1. The van der Waals surface area contributed by atoms with Gasteiger partial charge in [-0.1, -0.05) is 36.7 Å². The smallest absolute Gasteiger partial charge is 0.260 e. The fraction of sp³-hybridized carbons (Fsp3) is 0.481. The van der Waals surface area contributed by atoms with Crippen molar-refractivity contribution in [1.82, 2.24) is 9.29 Å². The highest BCUT2D eigenvalue weighted by molar-refractivity contribution is 7.98. The number of anilines is 1. The molecule has 1 aromatic heterocycles. The summed E-state index contributed by atoms with van der Waals surface area (Å²) in [5.41, 5.74) is 1.33. The van der Waals surface area contributed by atoms with Crippen molar-refractivity contribution in [1.29, 1.82) is 0 Å². The van der Waals surface area contributed by atoms with E-state index >= 15 is 0 Å². The third kappa shape index (κ3) is 5.59. The molecule has 1 aliphatic carbocycles. The quantitative estimate of drug-likeness (QED) is 0.325. The van der Waals surface area contributed by atoms with Gasteiger partial charge in [0.05, 0.1) is 27.8 Å². The summed E-state index contributed by atoms with van der Waals surface area (Å²) in [5.74, 6) is -0.204. The van der Waals surface area contributed by atoms with Gasteiger partial charge in [0.2, 0.25) is 10.0 Å². The summed E-state index contributed by atoms with van der Waals surface area (Å²) in [6.07, 6.45) is 8.92. The maximum absolute atomic E-state index is 13.8. The molecule has 3 aromatic rings. The molecule has 1 saturated carbocycles. The molecule has 0 radical (unpaired) electrons. The van der Waals surface area contributed by atoms with Gasteiger partial charge < -0.3 is 4.74 Å². The van der Waals surface area contributed by atoms with E-state index in [1.54, 1.807) is 48.0 Å². The van der Waals surface area contributed by atoms with Crippen LogP contribution in [0.5, 0.6) is 0 Å². The highest BCUT2D eigenvalue weighted by Crippen LogP contribution is 2.35. The van der Waals surface area contributed by atoms with E-state index in [1.165, 1.54) is 15.6 Å². The zero-order valence-electron chi connectivity index (χ0n) is 21.3. The summed E-state index contributed by atoms with van der Waals surface area (Å²) in [4.78, 5) is 21.6. The number of para-hydroxylation sites is 1. The third-order valence-corrected chi connectivity index (χ3v) is 11.1. The molecule has 1 unspecified atom stereocenters. The van der Waals surface area contributed by atoms with Crippen molar-refractivity contribution in [3.05, 3.63) is 48.0 Å². The third-order valence-electron chi connectivity index (χ3n) is 7.34. The molecule has 2 aromatic carbocycles. The summed E-state index contributed by atoms with van der Waals surface area (Å²) in [7, 11) is -1.95. The Bertz CT molecular complexity index is 1340. The highest BCUT2D eigenvalue weighted by Gasteiger charge is 2.30. The lowest BCUT2D eigenvalue weighted by Crippen LogP contribution is -2.38. The molecule has 198 valence electrons. The van der Waals surface area contributed by atoms with Crippen molar-refractivity contribution < 1.29 is 17.9 Å². The Morgan fingerprint density at radius 1 is 1.08 bits per heavy atom. The van der Waals surface area contributed by atoms with Gasteiger partial charge in [-0.2, -0.15) is 4.31 Å². The monoisotopic (exact) mass is 559 g/mol. The molecule has 1 saturated heterocycles. The topological polar surface area (TPSA) is 79.8 Å². The fourth-order valence-electron chi connectivity index (χ4n) is 5.16. The maximum atomic E-state index is 13.8. The van der Waals surface area contributed by atoms with Crippen molar-refractivity contribution >= 4 is 54.4 Å². The molecular weight excluding hydrogens is 527 g/mol. The normalized spacial score (nSPS) is 19.1. The Labute approximate surface area is 227 Å². The Hall–Kier alpha value is -1.98. The largest absolute Gasteiger partial charge is 0.376 e. The lowest BCUT2D eigenvalue weighted by molar-refractivity contribution is 0.0917. The number of carbonyl (C=O) groups is 1. The van der Waals surface area contributed by atoms with Crippen LogP contribution in [0, 0.1) is 0 Å². The first-order valence-corrected chi connectivity index (χ1v) is 16.3. The maximum Gasteiger partial charge on any atom is 0.260 e. The van der Waals surface area contributed by atoms with Crippen molar-refractivity contribution in [2.24, 2.45) is 0 Å². The molecule has 37 heavy (non-hydrogen) atoms. The zero-order chi connectivity index (χ0) is 26.0. The van der Waals surface area contributed by atoms with Crippen LogP contribution in [-0.4, -0.2) is 62.2 Å². The summed E-state index contributed by atoms with van der Waals surface area (Å²) >= 11 is 3.12. The first-order valence-electron chi connectivity index (χ1n) is 12.8. The number of rotatable bonds is 8. The van der Waals surface area contributed by atoms with Gasteiger partial charge in [0.1, 0.15) is 0 Å². The van der Waals surface area contributed by atoms with Gasteiger partial charge in [0, 0.05) is 30.2 Å². The van der Waals surface area contributed by atoms with Gasteiger partial charge in [-0.05, 0) is 68.3 Å². The summed E-state index contributed by atoms with van der Waals surface area (Å²) < 4.78 is 34.9. The first-order chi connectivity index (χ1) is 17.9. The minimum Gasteiger partial charge on any atom is -0.376 e. The van der Waals surface area contributed by atoms with Gasteiger partial charge in [0.25, 0.3) is 5.91 Å². The minimum absolute atomic E-state index is 0.0344. The molecule has 0 spiro atoms. The molecule has 0 N–H and O–H groups in total. The number of thioether (sulfide) groups is 1. The molecule has 5 rings (SSSR count). The van der Waals surface area contributed by atoms with E-state index in [1.807, 2.05) is 24.5 Å². The van der Waals surface area contributed by atoms with Crippen molar-refractivity contribution in [3.63, 3.8) is 0 Å². The van der Waals surface area contributed by atoms with Crippen LogP contribution in [0.15, 0.2) is 52.3 Å². The zero-order valence-corrected chi connectivity index (χ0v) is 23.7. The standard InChI is InChI=1S/C27H33N3O4S3/c1-29(20-8-4-3-5-9-20)37(32,33)22-15-13-19(14-16-22)26(31)30(18-21-10-7-17-34-21)27-28-25-23(35-2)11-6-12-24(25)36-27/h6,11-16,20-21H,3-5,7-10,17-18H2,1-2H3. The average Bonchev–Trinajstić information content (AvgIpc) is 3.61. The minimum atomic E-state index is -3.62. The molecule has 0 bridgehead atoms. The summed E-state index contributed by atoms with van der Waals surface area (Å²) in [6, 6.07) is 12.4. The number of hydrogen-bond donors (Lipinski definition) is 0. The molecule has 1 amide bonds. The molecule has 10 heteroatoms. The van der Waals surface area contributed by atoms with E-state index in [0.29, 0.717) is 23.8 Å².